The smallest absolute Gasteiger partial charge is 0.342 e. The molecule has 1 amide bonds. The van der Waals surface area contributed by atoms with Crippen LogP contribution in [0.4, 0.5) is 13.2 Å². The molecule has 1 saturated carbocycles. The Morgan fingerprint density at radius 2 is 1.80 bits per heavy atom. The summed E-state index contributed by atoms with van der Waals surface area (Å²) in [5.74, 6) is -0.748. The van der Waals surface area contributed by atoms with Gasteiger partial charge in [-0.25, -0.2) is 0 Å². The molecule has 0 spiro atoms. The summed E-state index contributed by atoms with van der Waals surface area (Å²) in [6, 6.07) is -0.0372. The molecule has 3 nitrogen and oxygen atoms in total. The average molecular weight is 292 g/mol. The van der Waals surface area contributed by atoms with Crippen molar-refractivity contribution in [1.29, 1.82) is 0 Å². The minimum Gasteiger partial charge on any atom is -0.342 e. The largest absolute Gasteiger partial charge is 0.404 e. The molecule has 20 heavy (non-hydrogen) atoms. The van der Waals surface area contributed by atoms with Crippen LogP contribution in [-0.2, 0) is 4.79 Å². The Bertz CT molecular complexity index is 343. The van der Waals surface area contributed by atoms with Gasteiger partial charge in [0.05, 0.1) is 0 Å². The third kappa shape index (κ3) is 2.80. The van der Waals surface area contributed by atoms with Crippen molar-refractivity contribution >= 4 is 5.91 Å². The van der Waals surface area contributed by atoms with E-state index in [2.05, 4.69) is 5.32 Å². The summed E-state index contributed by atoms with van der Waals surface area (Å²) >= 11 is 0. The highest BCUT2D eigenvalue weighted by Crippen LogP contribution is 2.44. The summed E-state index contributed by atoms with van der Waals surface area (Å²) in [7, 11) is 1.55. The van der Waals surface area contributed by atoms with Crippen molar-refractivity contribution in [3.05, 3.63) is 0 Å². The first-order valence-electron chi connectivity index (χ1n) is 7.43. The van der Waals surface area contributed by atoms with Crippen molar-refractivity contribution in [3.63, 3.8) is 0 Å². The van der Waals surface area contributed by atoms with E-state index in [1.807, 2.05) is 0 Å². The Balaban J connectivity index is 2.15. The van der Waals surface area contributed by atoms with E-state index in [1.165, 1.54) is 4.90 Å². The van der Waals surface area contributed by atoms with E-state index in [1.54, 1.807) is 7.05 Å². The molecule has 6 heteroatoms. The standard InChI is InChI=1S/C14H23F3N2O/c1-19(11-6-4-2-3-5-7-11)12(20)13(14(15,16)17)8-9-18-10-13/h11,18H,2-10H2,1H3. The van der Waals surface area contributed by atoms with E-state index < -0.39 is 17.5 Å². The molecule has 0 aromatic rings. The highest BCUT2D eigenvalue weighted by Gasteiger charge is 2.62. The maximum absolute atomic E-state index is 13.4. The van der Waals surface area contributed by atoms with Crippen LogP contribution in [0.3, 0.4) is 0 Å². The fourth-order valence-corrected chi connectivity index (χ4v) is 3.39. The van der Waals surface area contributed by atoms with Gasteiger partial charge in [-0.1, -0.05) is 25.7 Å². The minimum absolute atomic E-state index is 0.0372. The molecule has 1 atom stereocenters. The van der Waals surface area contributed by atoms with Gasteiger partial charge in [0.15, 0.2) is 5.41 Å². The summed E-state index contributed by atoms with van der Waals surface area (Å²) in [6.45, 7) is -0.0316. The van der Waals surface area contributed by atoms with Crippen molar-refractivity contribution in [2.75, 3.05) is 20.1 Å². The molecule has 1 heterocycles. The van der Waals surface area contributed by atoms with Crippen LogP contribution in [0.15, 0.2) is 0 Å². The number of hydrogen-bond donors (Lipinski definition) is 1. The third-order valence-corrected chi connectivity index (χ3v) is 4.80. The van der Waals surface area contributed by atoms with Crippen molar-refractivity contribution in [2.24, 2.45) is 5.41 Å². The molecule has 1 aliphatic carbocycles. The normalized spacial score (nSPS) is 29.2. The summed E-state index contributed by atoms with van der Waals surface area (Å²) in [5.41, 5.74) is -2.21. The summed E-state index contributed by atoms with van der Waals surface area (Å²) in [6.07, 6.45) is 1.25. The number of rotatable bonds is 2. The number of nitrogens with one attached hydrogen (secondary N) is 1. The number of hydrogen-bond acceptors (Lipinski definition) is 2. The second-order valence-electron chi connectivity index (χ2n) is 6.07. The van der Waals surface area contributed by atoms with E-state index in [-0.39, 0.29) is 25.6 Å². The van der Waals surface area contributed by atoms with Crippen molar-refractivity contribution in [2.45, 2.75) is 57.2 Å². The number of carbonyl (C=O) groups is 1. The number of halogens is 3. The molecule has 0 radical (unpaired) electrons. The predicted octanol–water partition coefficient (Wildman–Crippen LogP) is 2.71. The molecule has 2 rings (SSSR count). The van der Waals surface area contributed by atoms with Gasteiger partial charge in [-0.05, 0) is 25.8 Å². The Morgan fingerprint density at radius 3 is 2.25 bits per heavy atom. The van der Waals surface area contributed by atoms with Crippen molar-refractivity contribution < 1.29 is 18.0 Å². The fourth-order valence-electron chi connectivity index (χ4n) is 3.39. The first-order valence-corrected chi connectivity index (χ1v) is 7.43. The number of carbonyl (C=O) groups excluding carboxylic acids is 1. The van der Waals surface area contributed by atoms with Crippen LogP contribution in [0.1, 0.15) is 44.9 Å². The van der Waals surface area contributed by atoms with E-state index >= 15 is 0 Å². The second-order valence-corrected chi connectivity index (χ2v) is 6.07. The molecule has 2 aliphatic rings. The van der Waals surface area contributed by atoms with Crippen LogP contribution in [0, 0.1) is 5.41 Å². The Hall–Kier alpha value is -0.780. The van der Waals surface area contributed by atoms with Gasteiger partial charge in [0.25, 0.3) is 0 Å². The first kappa shape index (κ1) is 15.6. The van der Waals surface area contributed by atoms with Gasteiger partial charge in [0, 0.05) is 19.6 Å². The highest BCUT2D eigenvalue weighted by molar-refractivity contribution is 5.84. The lowest BCUT2D eigenvalue weighted by molar-refractivity contribution is -0.222. The van der Waals surface area contributed by atoms with E-state index in [4.69, 9.17) is 0 Å². The van der Waals surface area contributed by atoms with Gasteiger partial charge in [0.1, 0.15) is 0 Å². The summed E-state index contributed by atoms with van der Waals surface area (Å²) < 4.78 is 40.2. The topological polar surface area (TPSA) is 32.3 Å². The fraction of sp³-hybridized carbons (Fsp3) is 0.929. The van der Waals surface area contributed by atoms with Gasteiger partial charge in [-0.2, -0.15) is 13.2 Å². The number of alkyl halides is 3. The zero-order valence-electron chi connectivity index (χ0n) is 11.9. The van der Waals surface area contributed by atoms with Crippen LogP contribution >= 0.6 is 0 Å². The van der Waals surface area contributed by atoms with Crippen LogP contribution in [0.25, 0.3) is 0 Å². The van der Waals surface area contributed by atoms with Gasteiger partial charge >= 0.3 is 6.18 Å². The predicted molar refractivity (Wildman–Crippen MR) is 70.2 cm³/mol. The number of amides is 1. The lowest BCUT2D eigenvalue weighted by atomic mass is 9.84. The molecule has 1 unspecified atom stereocenters. The van der Waals surface area contributed by atoms with Crippen molar-refractivity contribution in [3.8, 4) is 0 Å². The molecule has 0 aromatic carbocycles. The maximum atomic E-state index is 13.4. The van der Waals surface area contributed by atoms with Gasteiger partial charge in [0.2, 0.25) is 5.91 Å². The quantitative estimate of drug-likeness (QED) is 0.794. The second kappa shape index (κ2) is 5.92. The molecule has 1 saturated heterocycles. The Morgan fingerprint density at radius 1 is 1.20 bits per heavy atom. The molecule has 0 aromatic heterocycles. The minimum atomic E-state index is -4.48. The van der Waals surface area contributed by atoms with Gasteiger partial charge in [-0.15, -0.1) is 0 Å². The Kier molecular flexibility index (Phi) is 4.62. The highest BCUT2D eigenvalue weighted by atomic mass is 19.4. The van der Waals surface area contributed by atoms with Gasteiger partial charge < -0.3 is 10.2 Å². The van der Waals surface area contributed by atoms with E-state index in [0.29, 0.717) is 0 Å². The third-order valence-electron chi connectivity index (χ3n) is 4.80. The van der Waals surface area contributed by atoms with Crippen molar-refractivity contribution in [1.82, 2.24) is 10.2 Å². The zero-order valence-corrected chi connectivity index (χ0v) is 11.9. The van der Waals surface area contributed by atoms with Gasteiger partial charge in [-0.3, -0.25) is 4.79 Å². The van der Waals surface area contributed by atoms with E-state index in [0.717, 1.165) is 38.5 Å². The summed E-state index contributed by atoms with van der Waals surface area (Å²) in [5, 5.41) is 2.70. The van der Waals surface area contributed by atoms with Crippen LogP contribution in [0.2, 0.25) is 0 Å². The number of nitrogens with zero attached hydrogens (tertiary/aromatic N) is 1. The maximum Gasteiger partial charge on any atom is 0.404 e. The summed E-state index contributed by atoms with van der Waals surface area (Å²) in [4.78, 5) is 13.9. The molecular weight excluding hydrogens is 269 g/mol. The van der Waals surface area contributed by atoms with Crippen LogP contribution in [0.5, 0.6) is 0 Å². The lowest BCUT2D eigenvalue weighted by Crippen LogP contribution is -2.54. The lowest BCUT2D eigenvalue weighted by Gasteiger charge is -2.37. The molecule has 116 valence electrons. The zero-order chi connectivity index (χ0) is 14.8. The average Bonchev–Trinajstić information content (AvgIpc) is 2.74. The van der Waals surface area contributed by atoms with Crippen LogP contribution in [-0.4, -0.2) is 43.2 Å². The SMILES string of the molecule is CN(C(=O)C1(C(F)(F)F)CCNC1)C1CCCCCC1. The molecule has 0 bridgehead atoms. The molecule has 1 aliphatic heterocycles. The monoisotopic (exact) mass is 292 g/mol. The van der Waals surface area contributed by atoms with E-state index in [9.17, 15) is 18.0 Å². The Labute approximate surface area is 117 Å². The van der Waals surface area contributed by atoms with Crippen LogP contribution < -0.4 is 5.32 Å². The first-order chi connectivity index (χ1) is 9.38. The molecular formula is C14H23F3N2O. The molecule has 1 N–H and O–H groups in total. The molecule has 2 fully saturated rings.